The molecule has 1 heterocycles. The van der Waals surface area contributed by atoms with Crippen LogP contribution in [-0.4, -0.2) is 11.8 Å². The van der Waals surface area contributed by atoms with Crippen LogP contribution in [0.3, 0.4) is 0 Å². The van der Waals surface area contributed by atoms with Gasteiger partial charge < -0.3 is 4.74 Å². The van der Waals surface area contributed by atoms with Crippen LogP contribution in [0.2, 0.25) is 5.02 Å². The van der Waals surface area contributed by atoms with Gasteiger partial charge in [0.15, 0.2) is 5.75 Å². The van der Waals surface area contributed by atoms with Gasteiger partial charge in [-0.15, -0.1) is 0 Å². The summed E-state index contributed by atoms with van der Waals surface area (Å²) in [5.74, 6) is -0.401. The molecule has 7 heteroatoms. The highest BCUT2D eigenvalue weighted by atomic mass is 79.9. The third-order valence-corrected chi connectivity index (χ3v) is 5.61. The van der Waals surface area contributed by atoms with Gasteiger partial charge in [-0.25, -0.2) is 5.01 Å². The predicted molar refractivity (Wildman–Crippen MR) is 125 cm³/mol. The van der Waals surface area contributed by atoms with Crippen LogP contribution in [0.15, 0.2) is 76.8 Å². The van der Waals surface area contributed by atoms with Gasteiger partial charge >= 0.3 is 0 Å². The van der Waals surface area contributed by atoms with E-state index in [1.807, 2.05) is 37.3 Å². The van der Waals surface area contributed by atoms with Crippen molar-refractivity contribution in [2.24, 2.45) is 0 Å². The fraction of sp³-hybridized carbons (Fsp3) is 0.0833. The first-order chi connectivity index (χ1) is 14.9. The van der Waals surface area contributed by atoms with Crippen molar-refractivity contribution in [2.45, 2.75) is 13.5 Å². The fourth-order valence-corrected chi connectivity index (χ4v) is 4.11. The third-order valence-electron chi connectivity index (χ3n) is 4.74. The Labute approximate surface area is 193 Å². The number of nitrogens with zero attached hydrogens (tertiary/aromatic N) is 1. The SMILES string of the molecule is Cc1ccc(COc2c(Cl)cc(C=C3C(=O)NN(c4ccccc4)C3=O)cc2Br)cc1. The van der Waals surface area contributed by atoms with Crippen molar-refractivity contribution >= 4 is 51.1 Å². The van der Waals surface area contributed by atoms with E-state index in [2.05, 4.69) is 21.4 Å². The summed E-state index contributed by atoms with van der Waals surface area (Å²) >= 11 is 9.91. The van der Waals surface area contributed by atoms with Crippen molar-refractivity contribution in [3.05, 3.63) is 98.5 Å². The van der Waals surface area contributed by atoms with E-state index in [1.54, 1.807) is 36.4 Å². The maximum atomic E-state index is 12.7. The summed E-state index contributed by atoms with van der Waals surface area (Å²) in [7, 11) is 0. The Balaban J connectivity index is 1.55. The normalized spacial score (nSPS) is 14.8. The molecule has 0 aliphatic carbocycles. The Bertz CT molecular complexity index is 1150. The van der Waals surface area contributed by atoms with Gasteiger partial charge in [-0.05, 0) is 64.3 Å². The van der Waals surface area contributed by atoms with Crippen LogP contribution in [0.25, 0.3) is 6.08 Å². The molecule has 4 rings (SSSR count). The first kappa shape index (κ1) is 21.2. The van der Waals surface area contributed by atoms with Crippen LogP contribution in [0.5, 0.6) is 5.75 Å². The van der Waals surface area contributed by atoms with Gasteiger partial charge in [-0.3, -0.25) is 15.0 Å². The molecule has 0 bridgehead atoms. The number of nitrogens with one attached hydrogen (secondary N) is 1. The largest absolute Gasteiger partial charge is 0.486 e. The van der Waals surface area contributed by atoms with E-state index in [0.717, 1.165) is 5.56 Å². The minimum atomic E-state index is -0.471. The third kappa shape index (κ3) is 4.65. The molecular formula is C24H18BrClN2O3. The lowest BCUT2D eigenvalue weighted by molar-refractivity contribution is -0.117. The number of para-hydroxylation sites is 1. The Kier molecular flexibility index (Phi) is 6.11. The molecule has 1 saturated heterocycles. The number of hydrogen-bond donors (Lipinski definition) is 1. The maximum Gasteiger partial charge on any atom is 0.282 e. The van der Waals surface area contributed by atoms with Crippen LogP contribution in [0.4, 0.5) is 5.69 Å². The Morgan fingerprint density at radius 1 is 1.06 bits per heavy atom. The monoisotopic (exact) mass is 496 g/mol. The number of carbonyl (C=O) groups is 2. The summed E-state index contributed by atoms with van der Waals surface area (Å²) in [4.78, 5) is 25.1. The molecule has 0 atom stereocenters. The smallest absolute Gasteiger partial charge is 0.282 e. The minimum Gasteiger partial charge on any atom is -0.486 e. The lowest BCUT2D eigenvalue weighted by Crippen LogP contribution is -2.35. The molecular weight excluding hydrogens is 480 g/mol. The van der Waals surface area contributed by atoms with Crippen LogP contribution < -0.4 is 15.2 Å². The number of halogens is 2. The number of benzene rings is 3. The molecule has 31 heavy (non-hydrogen) atoms. The second-order valence-electron chi connectivity index (χ2n) is 7.06. The molecule has 0 unspecified atom stereocenters. The molecule has 3 aromatic carbocycles. The lowest BCUT2D eigenvalue weighted by atomic mass is 10.1. The second-order valence-corrected chi connectivity index (χ2v) is 8.32. The zero-order valence-corrected chi connectivity index (χ0v) is 18.9. The van der Waals surface area contributed by atoms with Gasteiger partial charge in [0.2, 0.25) is 0 Å². The molecule has 0 saturated carbocycles. The van der Waals surface area contributed by atoms with Crippen LogP contribution in [-0.2, 0) is 16.2 Å². The fourth-order valence-electron chi connectivity index (χ4n) is 3.12. The number of ether oxygens (including phenoxy) is 1. The highest BCUT2D eigenvalue weighted by Crippen LogP contribution is 2.36. The van der Waals surface area contributed by atoms with E-state index >= 15 is 0 Å². The zero-order valence-electron chi connectivity index (χ0n) is 16.6. The molecule has 1 aliphatic heterocycles. The standard InChI is InChI=1S/C24H18BrClN2O3/c1-15-7-9-16(10-8-15)14-31-22-20(25)12-17(13-21(22)26)11-19-23(29)27-28(24(19)30)18-5-3-2-4-6-18/h2-13H,14H2,1H3,(H,27,29). The van der Waals surface area contributed by atoms with Gasteiger partial charge in [0, 0.05) is 0 Å². The molecule has 0 spiro atoms. The van der Waals surface area contributed by atoms with Crippen molar-refractivity contribution in [1.29, 1.82) is 0 Å². The highest BCUT2D eigenvalue weighted by molar-refractivity contribution is 9.10. The average Bonchev–Trinajstić information content (AvgIpc) is 3.03. The Hall–Kier alpha value is -3.09. The number of hydrazine groups is 1. The van der Waals surface area contributed by atoms with E-state index in [-0.39, 0.29) is 5.57 Å². The van der Waals surface area contributed by atoms with Gasteiger partial charge in [0.25, 0.3) is 11.8 Å². The van der Waals surface area contributed by atoms with Gasteiger partial charge in [0.05, 0.1) is 15.2 Å². The summed E-state index contributed by atoms with van der Waals surface area (Å²) in [5, 5.41) is 1.60. The summed E-state index contributed by atoms with van der Waals surface area (Å²) < 4.78 is 6.51. The number of amides is 2. The van der Waals surface area contributed by atoms with Crippen LogP contribution in [0.1, 0.15) is 16.7 Å². The van der Waals surface area contributed by atoms with Gasteiger partial charge in [0.1, 0.15) is 12.2 Å². The predicted octanol–water partition coefficient (Wildman–Crippen LogP) is 5.45. The molecule has 1 aliphatic rings. The number of aryl methyl sites for hydroxylation is 1. The van der Waals surface area contributed by atoms with E-state index in [4.69, 9.17) is 16.3 Å². The first-order valence-corrected chi connectivity index (χ1v) is 10.7. The molecule has 1 N–H and O–H groups in total. The Morgan fingerprint density at radius 2 is 1.77 bits per heavy atom. The second kappa shape index (κ2) is 8.96. The quantitative estimate of drug-likeness (QED) is 0.377. The first-order valence-electron chi connectivity index (χ1n) is 9.52. The maximum absolute atomic E-state index is 12.7. The average molecular weight is 498 g/mol. The van der Waals surface area contributed by atoms with Crippen LogP contribution in [0, 0.1) is 6.92 Å². The molecule has 0 radical (unpaired) electrons. The summed E-state index contributed by atoms with van der Waals surface area (Å²) in [6.07, 6.45) is 1.51. The summed E-state index contributed by atoms with van der Waals surface area (Å²) in [6.45, 7) is 2.39. The molecule has 3 aromatic rings. The molecule has 0 aromatic heterocycles. The topological polar surface area (TPSA) is 58.6 Å². The molecule has 1 fully saturated rings. The van der Waals surface area contributed by atoms with Crippen molar-refractivity contribution in [2.75, 3.05) is 5.01 Å². The molecule has 2 amide bonds. The number of anilines is 1. The van der Waals surface area contributed by atoms with E-state index in [1.165, 1.54) is 16.6 Å². The van der Waals surface area contributed by atoms with Crippen molar-refractivity contribution in [1.82, 2.24) is 5.43 Å². The van der Waals surface area contributed by atoms with Gasteiger partial charge in [-0.1, -0.05) is 59.6 Å². The number of rotatable bonds is 5. The van der Waals surface area contributed by atoms with E-state index in [0.29, 0.717) is 33.1 Å². The van der Waals surface area contributed by atoms with E-state index < -0.39 is 11.8 Å². The van der Waals surface area contributed by atoms with E-state index in [9.17, 15) is 9.59 Å². The lowest BCUT2D eigenvalue weighted by Gasteiger charge is -2.14. The minimum absolute atomic E-state index is 0.0279. The Morgan fingerprint density at radius 3 is 2.45 bits per heavy atom. The molecule has 156 valence electrons. The number of carbonyl (C=O) groups excluding carboxylic acids is 2. The van der Waals surface area contributed by atoms with Gasteiger partial charge in [-0.2, -0.15) is 0 Å². The van der Waals surface area contributed by atoms with Crippen molar-refractivity contribution in [3.8, 4) is 5.75 Å². The number of hydrogen-bond acceptors (Lipinski definition) is 3. The highest BCUT2D eigenvalue weighted by Gasteiger charge is 2.34. The summed E-state index contributed by atoms with van der Waals surface area (Å²) in [6, 6.07) is 20.4. The van der Waals surface area contributed by atoms with Crippen LogP contribution >= 0.6 is 27.5 Å². The zero-order chi connectivity index (χ0) is 22.0. The van der Waals surface area contributed by atoms with Crippen molar-refractivity contribution < 1.29 is 14.3 Å². The molecule has 5 nitrogen and oxygen atoms in total. The van der Waals surface area contributed by atoms with Crippen molar-refractivity contribution in [3.63, 3.8) is 0 Å². The summed E-state index contributed by atoms with van der Waals surface area (Å²) in [5.41, 5.74) is 6.00.